The van der Waals surface area contributed by atoms with Crippen molar-refractivity contribution >= 4 is 17.5 Å². The first kappa shape index (κ1) is 17.0. The van der Waals surface area contributed by atoms with Crippen molar-refractivity contribution in [2.45, 2.75) is 19.3 Å². The maximum Gasteiger partial charge on any atom is 0.255 e. The Morgan fingerprint density at radius 3 is 2.24 bits per heavy atom. The summed E-state index contributed by atoms with van der Waals surface area (Å²) in [5, 5.41) is 2.86. The average molecular weight is 338 g/mol. The Labute approximate surface area is 147 Å². The zero-order valence-corrected chi connectivity index (χ0v) is 14.3. The molecule has 2 amide bonds. The van der Waals surface area contributed by atoms with Gasteiger partial charge in [-0.1, -0.05) is 12.1 Å². The summed E-state index contributed by atoms with van der Waals surface area (Å²) < 4.78 is 5.09. The summed E-state index contributed by atoms with van der Waals surface area (Å²) in [4.78, 5) is 26.3. The predicted molar refractivity (Wildman–Crippen MR) is 96.9 cm³/mol. The Hall–Kier alpha value is -2.82. The Morgan fingerprint density at radius 2 is 1.64 bits per heavy atom. The van der Waals surface area contributed by atoms with E-state index in [4.69, 9.17) is 4.74 Å². The van der Waals surface area contributed by atoms with Crippen LogP contribution in [0, 0.1) is 0 Å². The zero-order chi connectivity index (χ0) is 17.6. The number of methoxy groups -OCH3 is 1. The summed E-state index contributed by atoms with van der Waals surface area (Å²) in [7, 11) is 1.59. The number of benzene rings is 2. The number of ether oxygens (including phenoxy) is 1. The van der Waals surface area contributed by atoms with Crippen LogP contribution >= 0.6 is 0 Å². The lowest BCUT2D eigenvalue weighted by atomic mass is 10.1. The lowest BCUT2D eigenvalue weighted by Gasteiger charge is -2.15. The lowest BCUT2D eigenvalue weighted by Crippen LogP contribution is -2.29. The molecule has 1 heterocycles. The van der Waals surface area contributed by atoms with Crippen molar-refractivity contribution in [2.24, 2.45) is 0 Å². The first-order valence-electron chi connectivity index (χ1n) is 8.48. The fourth-order valence-electron chi connectivity index (χ4n) is 2.90. The first-order valence-corrected chi connectivity index (χ1v) is 8.48. The molecule has 0 spiro atoms. The van der Waals surface area contributed by atoms with Crippen LogP contribution in [0.25, 0.3) is 0 Å². The van der Waals surface area contributed by atoms with Gasteiger partial charge in [-0.25, -0.2) is 0 Å². The Morgan fingerprint density at radius 1 is 1.00 bits per heavy atom. The van der Waals surface area contributed by atoms with Crippen LogP contribution in [0.3, 0.4) is 0 Å². The van der Waals surface area contributed by atoms with Crippen LogP contribution in [0.4, 0.5) is 5.69 Å². The summed E-state index contributed by atoms with van der Waals surface area (Å²) in [5.41, 5.74) is 2.23. The van der Waals surface area contributed by atoms with Crippen LogP contribution < -0.4 is 10.1 Å². The molecule has 0 atom stereocenters. The smallest absolute Gasteiger partial charge is 0.255 e. The van der Waals surface area contributed by atoms with Crippen LogP contribution in [-0.2, 0) is 11.2 Å². The highest BCUT2D eigenvalue weighted by molar-refractivity contribution is 6.04. The minimum atomic E-state index is -0.177. The fourth-order valence-corrected chi connectivity index (χ4v) is 2.90. The van der Waals surface area contributed by atoms with Gasteiger partial charge in [0.15, 0.2) is 0 Å². The number of hydrogen-bond acceptors (Lipinski definition) is 3. The van der Waals surface area contributed by atoms with Crippen molar-refractivity contribution in [1.82, 2.24) is 4.90 Å². The highest BCUT2D eigenvalue weighted by atomic mass is 16.5. The molecule has 25 heavy (non-hydrogen) atoms. The number of likely N-dealkylation sites (tertiary alicyclic amines) is 1. The van der Waals surface area contributed by atoms with Gasteiger partial charge in [-0.15, -0.1) is 0 Å². The van der Waals surface area contributed by atoms with E-state index in [9.17, 15) is 9.59 Å². The summed E-state index contributed by atoms with van der Waals surface area (Å²) >= 11 is 0. The van der Waals surface area contributed by atoms with Crippen molar-refractivity contribution < 1.29 is 14.3 Å². The molecule has 0 bridgehead atoms. The summed E-state index contributed by atoms with van der Waals surface area (Å²) in [5.74, 6) is 0.708. The summed E-state index contributed by atoms with van der Waals surface area (Å²) in [6, 6.07) is 14.4. The monoisotopic (exact) mass is 338 g/mol. The molecular weight excluding hydrogens is 316 g/mol. The van der Waals surface area contributed by atoms with E-state index in [1.165, 1.54) is 0 Å². The zero-order valence-electron chi connectivity index (χ0n) is 14.3. The van der Waals surface area contributed by atoms with Gasteiger partial charge in [0.1, 0.15) is 5.75 Å². The molecule has 1 saturated heterocycles. The maximum atomic E-state index is 12.2. The van der Waals surface area contributed by atoms with E-state index in [0.717, 1.165) is 31.5 Å². The van der Waals surface area contributed by atoms with Crippen LogP contribution in [0.1, 0.15) is 28.8 Å². The highest BCUT2D eigenvalue weighted by Crippen LogP contribution is 2.16. The molecule has 2 aromatic rings. The van der Waals surface area contributed by atoms with E-state index in [2.05, 4.69) is 5.32 Å². The van der Waals surface area contributed by atoms with Crippen molar-refractivity contribution in [3.63, 3.8) is 0 Å². The van der Waals surface area contributed by atoms with E-state index in [1.54, 1.807) is 31.4 Å². The molecule has 130 valence electrons. The predicted octanol–water partition coefficient (Wildman–Crippen LogP) is 3.11. The number of carbonyl (C=O) groups excluding carboxylic acids is 2. The quantitative estimate of drug-likeness (QED) is 0.911. The van der Waals surface area contributed by atoms with Gasteiger partial charge in [-0.3, -0.25) is 9.59 Å². The number of rotatable bonds is 5. The van der Waals surface area contributed by atoms with Crippen molar-refractivity contribution in [3.8, 4) is 5.75 Å². The van der Waals surface area contributed by atoms with Gasteiger partial charge < -0.3 is 15.0 Å². The molecule has 1 aliphatic heterocycles. The number of hydrogen-bond donors (Lipinski definition) is 1. The largest absolute Gasteiger partial charge is 0.497 e. The number of nitrogens with one attached hydrogen (secondary N) is 1. The Balaban J connectivity index is 1.57. The topological polar surface area (TPSA) is 58.6 Å². The molecular formula is C20H22N2O3. The van der Waals surface area contributed by atoms with E-state index in [1.807, 2.05) is 29.2 Å². The normalized spacial score (nSPS) is 13.6. The first-order chi connectivity index (χ1) is 12.2. The maximum absolute atomic E-state index is 12.2. The van der Waals surface area contributed by atoms with Gasteiger partial charge in [-0.2, -0.15) is 0 Å². The van der Waals surface area contributed by atoms with Crippen molar-refractivity contribution in [3.05, 3.63) is 59.7 Å². The van der Waals surface area contributed by atoms with Crippen LogP contribution in [0.2, 0.25) is 0 Å². The Kier molecular flexibility index (Phi) is 5.33. The minimum absolute atomic E-state index is 0.174. The highest BCUT2D eigenvalue weighted by Gasteiger charge is 2.17. The van der Waals surface area contributed by atoms with Gasteiger partial charge in [0.25, 0.3) is 5.91 Å². The van der Waals surface area contributed by atoms with Crippen LogP contribution in [-0.4, -0.2) is 36.9 Å². The molecule has 0 saturated carbocycles. The molecule has 5 nitrogen and oxygen atoms in total. The van der Waals surface area contributed by atoms with Gasteiger partial charge >= 0.3 is 0 Å². The van der Waals surface area contributed by atoms with Gasteiger partial charge in [0.05, 0.1) is 13.5 Å². The molecule has 2 aromatic carbocycles. The third kappa shape index (κ3) is 4.38. The van der Waals surface area contributed by atoms with E-state index in [0.29, 0.717) is 23.4 Å². The fraction of sp³-hybridized carbons (Fsp3) is 0.300. The second kappa shape index (κ2) is 7.83. The van der Waals surface area contributed by atoms with Crippen LogP contribution in [0.5, 0.6) is 5.75 Å². The number of nitrogens with zero attached hydrogens (tertiary/aromatic N) is 1. The van der Waals surface area contributed by atoms with Gasteiger partial charge in [-0.05, 0) is 54.8 Å². The molecule has 0 unspecified atom stereocenters. The second-order valence-electron chi connectivity index (χ2n) is 6.14. The van der Waals surface area contributed by atoms with Gasteiger partial charge in [0.2, 0.25) is 5.91 Å². The van der Waals surface area contributed by atoms with E-state index < -0.39 is 0 Å². The molecule has 0 aliphatic carbocycles. The summed E-state index contributed by atoms with van der Waals surface area (Å²) in [6.45, 7) is 1.74. The molecule has 1 N–H and O–H groups in total. The minimum Gasteiger partial charge on any atom is -0.497 e. The standard InChI is InChI=1S/C20H22N2O3/c1-25-18-10-6-16(7-11-18)20(24)21-17-8-4-15(5-9-17)14-19(23)22-12-2-3-13-22/h4-11H,2-3,12-14H2,1H3,(H,21,24). The molecule has 3 rings (SSSR count). The van der Waals surface area contributed by atoms with Crippen molar-refractivity contribution in [1.29, 1.82) is 0 Å². The molecule has 1 aliphatic rings. The average Bonchev–Trinajstić information content (AvgIpc) is 3.18. The number of carbonyl (C=O) groups is 2. The molecule has 0 aromatic heterocycles. The van der Waals surface area contributed by atoms with Crippen molar-refractivity contribution in [2.75, 3.05) is 25.5 Å². The van der Waals surface area contributed by atoms with E-state index >= 15 is 0 Å². The second-order valence-corrected chi connectivity index (χ2v) is 6.14. The molecule has 5 heteroatoms. The summed E-state index contributed by atoms with van der Waals surface area (Å²) in [6.07, 6.45) is 2.61. The third-order valence-electron chi connectivity index (χ3n) is 4.38. The number of anilines is 1. The lowest BCUT2D eigenvalue weighted by molar-refractivity contribution is -0.129. The Bertz CT molecular complexity index is 733. The van der Waals surface area contributed by atoms with Gasteiger partial charge in [0, 0.05) is 24.3 Å². The third-order valence-corrected chi connectivity index (χ3v) is 4.38. The molecule has 0 radical (unpaired) electrons. The molecule has 1 fully saturated rings. The SMILES string of the molecule is COc1ccc(C(=O)Nc2ccc(CC(=O)N3CCCC3)cc2)cc1. The van der Waals surface area contributed by atoms with Crippen LogP contribution in [0.15, 0.2) is 48.5 Å². The van der Waals surface area contributed by atoms with E-state index in [-0.39, 0.29) is 11.8 Å². The number of amides is 2.